The van der Waals surface area contributed by atoms with Gasteiger partial charge >= 0.3 is 6.09 Å². The second kappa shape index (κ2) is 8.70. The molecule has 2 aromatic carbocycles. The van der Waals surface area contributed by atoms with Gasteiger partial charge in [-0.1, -0.05) is 12.1 Å². The summed E-state index contributed by atoms with van der Waals surface area (Å²) in [5.74, 6) is -1.11. The van der Waals surface area contributed by atoms with Crippen molar-refractivity contribution >= 4 is 17.7 Å². The van der Waals surface area contributed by atoms with Crippen LogP contribution in [0.15, 0.2) is 42.6 Å². The maximum atomic E-state index is 14.7. The van der Waals surface area contributed by atoms with Crippen LogP contribution in [0.4, 0.5) is 14.9 Å². The zero-order valence-electron chi connectivity index (χ0n) is 18.5. The van der Waals surface area contributed by atoms with Crippen molar-refractivity contribution in [3.05, 3.63) is 59.7 Å². The maximum Gasteiger partial charge on any atom is 0.412 e. The molecule has 3 rings (SSSR count). The molecule has 3 aromatic rings. The second-order valence-corrected chi connectivity index (χ2v) is 8.18. The van der Waals surface area contributed by atoms with Crippen molar-refractivity contribution in [2.75, 3.05) is 12.4 Å². The molecule has 9 heteroatoms. The number of benzene rings is 2. The van der Waals surface area contributed by atoms with Crippen molar-refractivity contribution in [2.24, 2.45) is 5.73 Å². The molecule has 0 fully saturated rings. The highest BCUT2D eigenvalue weighted by atomic mass is 19.1. The van der Waals surface area contributed by atoms with Crippen molar-refractivity contribution in [2.45, 2.75) is 33.3 Å². The van der Waals surface area contributed by atoms with E-state index in [1.165, 1.54) is 30.1 Å². The van der Waals surface area contributed by atoms with E-state index in [9.17, 15) is 14.0 Å². The highest BCUT2D eigenvalue weighted by Crippen LogP contribution is 2.30. The van der Waals surface area contributed by atoms with Crippen LogP contribution in [0.5, 0.6) is 5.75 Å². The Morgan fingerprint density at radius 1 is 1.16 bits per heavy atom. The van der Waals surface area contributed by atoms with Crippen molar-refractivity contribution in [3.8, 4) is 22.6 Å². The largest absolute Gasteiger partial charge is 0.496 e. The average molecular weight is 440 g/mol. The van der Waals surface area contributed by atoms with Gasteiger partial charge in [0.05, 0.1) is 23.9 Å². The molecule has 0 aliphatic heterocycles. The van der Waals surface area contributed by atoms with Gasteiger partial charge in [-0.05, 0) is 63.1 Å². The average Bonchev–Trinajstić information content (AvgIpc) is 3.09. The van der Waals surface area contributed by atoms with E-state index in [0.29, 0.717) is 16.9 Å². The number of carbonyl (C=O) groups excluding carboxylic acids is 2. The summed E-state index contributed by atoms with van der Waals surface area (Å²) >= 11 is 0. The lowest BCUT2D eigenvalue weighted by molar-refractivity contribution is 0.0635. The van der Waals surface area contributed by atoms with Crippen LogP contribution in [0, 0.1) is 12.9 Å². The molecule has 2 amide bonds. The molecule has 0 spiro atoms. The molecular formula is C23H25FN4O4. The summed E-state index contributed by atoms with van der Waals surface area (Å²) in [6.45, 7) is 7.15. The first kappa shape index (κ1) is 22.8. The van der Waals surface area contributed by atoms with E-state index in [1.54, 1.807) is 45.0 Å². The molecule has 0 atom stereocenters. The lowest BCUT2D eigenvalue weighted by Gasteiger charge is -2.20. The number of hydrogen-bond acceptors (Lipinski definition) is 5. The molecule has 168 valence electrons. The minimum absolute atomic E-state index is 0.195. The van der Waals surface area contributed by atoms with Gasteiger partial charge in [0.1, 0.15) is 11.4 Å². The molecular weight excluding hydrogens is 415 g/mol. The van der Waals surface area contributed by atoms with E-state index >= 15 is 0 Å². The smallest absolute Gasteiger partial charge is 0.412 e. The van der Waals surface area contributed by atoms with Crippen molar-refractivity contribution in [1.29, 1.82) is 0 Å². The maximum absolute atomic E-state index is 14.7. The van der Waals surface area contributed by atoms with Gasteiger partial charge in [-0.3, -0.25) is 10.1 Å². The van der Waals surface area contributed by atoms with Crippen LogP contribution >= 0.6 is 0 Å². The van der Waals surface area contributed by atoms with Gasteiger partial charge in [-0.15, -0.1) is 5.10 Å². The van der Waals surface area contributed by atoms with E-state index in [-0.39, 0.29) is 16.9 Å². The Kier molecular flexibility index (Phi) is 6.20. The van der Waals surface area contributed by atoms with Crippen LogP contribution in [-0.4, -0.2) is 34.5 Å². The molecule has 0 saturated carbocycles. The molecule has 8 nitrogen and oxygen atoms in total. The number of methoxy groups -OCH3 is 1. The molecule has 3 N–H and O–H groups in total. The quantitative estimate of drug-likeness (QED) is 0.610. The Balaban J connectivity index is 1.94. The molecule has 0 bridgehead atoms. The Bertz CT molecular complexity index is 1180. The molecule has 0 unspecified atom stereocenters. The van der Waals surface area contributed by atoms with Gasteiger partial charge in [0.25, 0.3) is 5.91 Å². The Labute approximate surface area is 185 Å². The third-order valence-corrected chi connectivity index (χ3v) is 4.57. The Hall–Kier alpha value is -3.88. The minimum Gasteiger partial charge on any atom is -0.496 e. The number of nitrogens with one attached hydrogen (secondary N) is 1. The number of ether oxygens (including phenoxy) is 2. The van der Waals surface area contributed by atoms with Crippen LogP contribution < -0.4 is 15.8 Å². The van der Waals surface area contributed by atoms with Gasteiger partial charge in [0.2, 0.25) is 5.95 Å². The van der Waals surface area contributed by atoms with E-state index < -0.39 is 23.5 Å². The number of hydrogen-bond donors (Lipinski definition) is 2. The fraction of sp³-hybridized carbons (Fsp3) is 0.261. The summed E-state index contributed by atoms with van der Waals surface area (Å²) in [4.78, 5) is 23.7. The van der Waals surface area contributed by atoms with Crippen molar-refractivity contribution < 1.29 is 23.5 Å². The van der Waals surface area contributed by atoms with Gasteiger partial charge in [-0.25, -0.2) is 9.48 Å². The number of primary amides is 1. The van der Waals surface area contributed by atoms with Gasteiger partial charge in [0.15, 0.2) is 0 Å². The molecule has 1 aromatic heterocycles. The highest BCUT2D eigenvalue weighted by molar-refractivity contribution is 5.96. The normalized spacial score (nSPS) is 11.2. The minimum atomic E-state index is -0.707. The number of aryl methyl sites for hydroxylation is 1. The third-order valence-electron chi connectivity index (χ3n) is 4.57. The predicted molar refractivity (Wildman–Crippen MR) is 119 cm³/mol. The van der Waals surface area contributed by atoms with E-state index in [4.69, 9.17) is 15.2 Å². The number of anilines is 1. The van der Waals surface area contributed by atoms with Crippen LogP contribution in [0.3, 0.4) is 0 Å². The van der Waals surface area contributed by atoms with E-state index in [1.807, 2.05) is 6.92 Å². The van der Waals surface area contributed by atoms with Gasteiger partial charge in [-0.2, -0.15) is 4.39 Å². The fourth-order valence-corrected chi connectivity index (χ4v) is 3.04. The monoisotopic (exact) mass is 440 g/mol. The van der Waals surface area contributed by atoms with E-state index in [0.717, 1.165) is 5.56 Å². The highest BCUT2D eigenvalue weighted by Gasteiger charge is 2.18. The first-order valence-electron chi connectivity index (χ1n) is 9.83. The lowest BCUT2D eigenvalue weighted by atomic mass is 10.1. The number of nitrogens with two attached hydrogens (primary N) is 1. The molecule has 0 radical (unpaired) electrons. The van der Waals surface area contributed by atoms with Gasteiger partial charge in [0, 0.05) is 11.9 Å². The second-order valence-electron chi connectivity index (χ2n) is 8.18. The summed E-state index contributed by atoms with van der Waals surface area (Å²) in [6.07, 6.45) is 0.919. The van der Waals surface area contributed by atoms with Crippen LogP contribution in [0.1, 0.15) is 36.7 Å². The Morgan fingerprint density at radius 3 is 2.50 bits per heavy atom. The summed E-state index contributed by atoms with van der Waals surface area (Å²) in [5.41, 5.74) is 7.42. The van der Waals surface area contributed by atoms with Crippen molar-refractivity contribution in [1.82, 2.24) is 9.78 Å². The molecule has 0 aliphatic carbocycles. The summed E-state index contributed by atoms with van der Waals surface area (Å²) < 4.78 is 26.6. The summed E-state index contributed by atoms with van der Waals surface area (Å²) in [5, 5.41) is 6.66. The standard InChI is InChI=1S/C23H25FN4O4/c1-13-6-8-15(11-18(13)26-22(30)32-23(2,3)4)28-12-17(20(24)27-28)14-7-9-16(21(25)29)19(10-14)31-5/h6-12H,1-5H3,(H2,25,29)(H,26,30). The molecule has 0 saturated heterocycles. The topological polar surface area (TPSA) is 108 Å². The van der Waals surface area contributed by atoms with Crippen molar-refractivity contribution in [3.63, 3.8) is 0 Å². The van der Waals surface area contributed by atoms with E-state index in [2.05, 4.69) is 10.4 Å². The molecule has 1 heterocycles. The number of carbonyl (C=O) groups is 2. The number of rotatable bonds is 5. The molecule has 0 aliphatic rings. The number of halogens is 1. The zero-order valence-corrected chi connectivity index (χ0v) is 18.5. The van der Waals surface area contributed by atoms with Crippen LogP contribution in [0.25, 0.3) is 16.8 Å². The SMILES string of the molecule is COc1cc(-c2cn(-c3ccc(C)c(NC(=O)OC(C)(C)C)c3)nc2F)ccc1C(N)=O. The molecule has 32 heavy (non-hydrogen) atoms. The van der Waals surface area contributed by atoms with Crippen LogP contribution in [-0.2, 0) is 4.74 Å². The zero-order chi connectivity index (χ0) is 23.6. The lowest BCUT2D eigenvalue weighted by Crippen LogP contribution is -2.27. The first-order chi connectivity index (χ1) is 15.0. The fourth-order valence-electron chi connectivity index (χ4n) is 3.04. The van der Waals surface area contributed by atoms with Gasteiger partial charge < -0.3 is 15.2 Å². The van der Waals surface area contributed by atoms with Crippen LogP contribution in [0.2, 0.25) is 0 Å². The third kappa shape index (κ3) is 5.05. The number of nitrogens with zero attached hydrogens (tertiary/aromatic N) is 2. The first-order valence-corrected chi connectivity index (χ1v) is 9.83. The Morgan fingerprint density at radius 2 is 1.88 bits per heavy atom. The number of amides is 2. The summed E-state index contributed by atoms with van der Waals surface area (Å²) in [7, 11) is 1.40. The number of aromatic nitrogens is 2. The predicted octanol–water partition coefficient (Wildman–Crippen LogP) is 4.44. The summed E-state index contributed by atoms with van der Waals surface area (Å²) in [6, 6.07) is 9.77.